The minimum absolute atomic E-state index is 0.0130. The van der Waals surface area contributed by atoms with Crippen LogP contribution in [0.15, 0.2) is 23.8 Å². The molecule has 4 aliphatic carbocycles. The number of hydrogen-bond donors (Lipinski definition) is 3. The van der Waals surface area contributed by atoms with Gasteiger partial charge in [0.25, 0.3) is 5.09 Å². The van der Waals surface area contributed by atoms with E-state index in [9.17, 15) is 39.5 Å². The zero-order chi connectivity index (χ0) is 33.4. The van der Waals surface area contributed by atoms with Crippen LogP contribution in [0.1, 0.15) is 59.3 Å². The smallest absolute Gasteiger partial charge is 0.464 e. The van der Waals surface area contributed by atoms with Crippen molar-refractivity contribution in [3.8, 4) is 0 Å². The van der Waals surface area contributed by atoms with Crippen molar-refractivity contribution in [1.29, 1.82) is 0 Å². The summed E-state index contributed by atoms with van der Waals surface area (Å²) < 4.78 is 14.8. The highest BCUT2D eigenvalue weighted by atomic mass is 35.5. The van der Waals surface area contributed by atoms with Gasteiger partial charge in [-0.1, -0.05) is 32.4 Å². The quantitative estimate of drug-likeness (QED) is 0.0904. The van der Waals surface area contributed by atoms with Crippen LogP contribution < -0.4 is 5.73 Å². The summed E-state index contributed by atoms with van der Waals surface area (Å²) in [5.74, 6) is -2.82. The zero-order valence-electron chi connectivity index (χ0n) is 25.6. The molecule has 0 aromatic heterocycles. The van der Waals surface area contributed by atoms with E-state index in [1.807, 2.05) is 6.92 Å². The van der Waals surface area contributed by atoms with Crippen molar-refractivity contribution in [2.75, 3.05) is 26.4 Å². The Bertz CT molecular complexity index is 1290. The van der Waals surface area contributed by atoms with Gasteiger partial charge >= 0.3 is 12.1 Å². The molecule has 15 heteroatoms. The van der Waals surface area contributed by atoms with E-state index in [1.165, 1.54) is 6.08 Å². The Hall–Kier alpha value is -3.07. The van der Waals surface area contributed by atoms with Crippen LogP contribution in [0, 0.1) is 38.7 Å². The van der Waals surface area contributed by atoms with E-state index in [1.54, 1.807) is 26.0 Å². The molecule has 0 aliphatic heterocycles. The maximum absolute atomic E-state index is 13.6. The number of halogens is 1. The largest absolute Gasteiger partial charge is 0.508 e. The third-order valence-corrected chi connectivity index (χ3v) is 11.6. The van der Waals surface area contributed by atoms with Crippen molar-refractivity contribution in [3.05, 3.63) is 33.9 Å². The maximum Gasteiger partial charge on any atom is 0.508 e. The van der Waals surface area contributed by atoms with Gasteiger partial charge in [0.2, 0.25) is 5.78 Å². The predicted octanol–water partition coefficient (Wildman–Crippen LogP) is 2.18. The van der Waals surface area contributed by atoms with Crippen molar-refractivity contribution in [1.82, 2.24) is 0 Å². The van der Waals surface area contributed by atoms with E-state index in [0.29, 0.717) is 19.3 Å². The number of aliphatic hydroxyl groups excluding tert-OH is 1. The number of alkyl halides is 1. The van der Waals surface area contributed by atoms with Crippen LogP contribution in [0.4, 0.5) is 4.79 Å². The number of allylic oxidation sites excluding steroid dienone is 4. The van der Waals surface area contributed by atoms with Gasteiger partial charge in [0.15, 0.2) is 12.4 Å². The molecule has 0 aromatic rings. The van der Waals surface area contributed by atoms with Crippen LogP contribution in [0.25, 0.3) is 0 Å². The molecule has 1 unspecified atom stereocenters. The lowest BCUT2D eigenvalue weighted by molar-refractivity contribution is -0.757. The first-order chi connectivity index (χ1) is 21.0. The van der Waals surface area contributed by atoms with Gasteiger partial charge in [-0.15, -0.1) is 21.7 Å². The maximum atomic E-state index is 13.6. The monoisotopic (exact) mass is 656 g/mol. The first-order valence-corrected chi connectivity index (χ1v) is 15.5. The molecule has 3 saturated carbocycles. The van der Waals surface area contributed by atoms with E-state index in [2.05, 4.69) is 4.84 Å². The summed E-state index contributed by atoms with van der Waals surface area (Å²) in [6, 6.07) is -1.34. The third-order valence-electron chi connectivity index (χ3n) is 10.6. The number of ketones is 2. The topological polar surface area (TPSA) is 215 Å². The van der Waals surface area contributed by atoms with Crippen LogP contribution in [-0.2, 0) is 33.4 Å². The lowest BCUT2D eigenvalue weighted by Gasteiger charge is -2.63. The molecule has 4 rings (SSSR count). The van der Waals surface area contributed by atoms with Gasteiger partial charge in [-0.3, -0.25) is 14.4 Å². The number of nitrogens with zero attached hydrogens (tertiary/aromatic N) is 1. The summed E-state index contributed by atoms with van der Waals surface area (Å²) in [5.41, 5.74) is 2.72. The minimum Gasteiger partial charge on any atom is -0.464 e. The fourth-order valence-electron chi connectivity index (χ4n) is 8.27. The molecule has 3 fully saturated rings. The molecule has 4 aliphatic rings. The second kappa shape index (κ2) is 13.0. The van der Waals surface area contributed by atoms with Gasteiger partial charge in [0.05, 0.1) is 24.2 Å². The SMILES string of the molecule is C[C@H]1C[C@H]2[C@@H]3CCC4=CC(=O)C=C[C@]4(C)[C@@]3(Cl)[C@@H](O)C[C@]2(C)[C@@]1(O)C(=O)COC(=O)OCC(N)C(=O)OCCCCO[N+](=O)[O-]. The summed E-state index contributed by atoms with van der Waals surface area (Å²) in [7, 11) is 0. The Labute approximate surface area is 265 Å². The number of Topliss-reactive ketones (excluding diaryl/α,β-unsaturated/α-hetero) is 1. The van der Waals surface area contributed by atoms with Crippen LogP contribution >= 0.6 is 11.6 Å². The molecule has 0 amide bonds. The summed E-state index contributed by atoms with van der Waals surface area (Å²) in [4.78, 5) is 63.0. The number of rotatable bonds is 12. The average molecular weight is 657 g/mol. The lowest BCUT2D eigenvalue weighted by atomic mass is 9.45. The molecular weight excluding hydrogens is 616 g/mol. The van der Waals surface area contributed by atoms with Gasteiger partial charge in [0, 0.05) is 10.8 Å². The number of aliphatic hydroxyl groups is 2. The molecule has 9 atom stereocenters. The summed E-state index contributed by atoms with van der Waals surface area (Å²) in [6.07, 6.45) is 4.62. The van der Waals surface area contributed by atoms with Crippen LogP contribution in [0.5, 0.6) is 0 Å². The zero-order valence-corrected chi connectivity index (χ0v) is 26.3. The number of carbonyl (C=O) groups is 4. The highest BCUT2D eigenvalue weighted by molar-refractivity contribution is 6.26. The van der Waals surface area contributed by atoms with Crippen molar-refractivity contribution in [2.45, 2.75) is 81.9 Å². The van der Waals surface area contributed by atoms with E-state index < -0.39 is 75.6 Å². The number of fused-ring (bicyclic) bond motifs is 5. The molecule has 0 radical (unpaired) electrons. The molecule has 45 heavy (non-hydrogen) atoms. The summed E-state index contributed by atoms with van der Waals surface area (Å²) in [6.45, 7) is 3.81. The van der Waals surface area contributed by atoms with Crippen molar-refractivity contribution < 1.29 is 53.5 Å². The molecular formula is C30H41ClN2O12. The van der Waals surface area contributed by atoms with E-state index in [0.717, 1.165) is 5.57 Å². The second-order valence-electron chi connectivity index (χ2n) is 13.0. The lowest BCUT2D eigenvalue weighted by Crippen LogP contribution is -2.69. The molecule has 4 N–H and O–H groups in total. The summed E-state index contributed by atoms with van der Waals surface area (Å²) in [5, 5.41) is 32.9. The van der Waals surface area contributed by atoms with E-state index in [4.69, 9.17) is 31.5 Å². The van der Waals surface area contributed by atoms with E-state index in [-0.39, 0.29) is 50.1 Å². The molecule has 250 valence electrons. The minimum atomic E-state index is -1.95. The number of hydrogen-bond acceptors (Lipinski definition) is 13. The van der Waals surface area contributed by atoms with Gasteiger partial charge in [-0.2, -0.15) is 0 Å². The van der Waals surface area contributed by atoms with Crippen LogP contribution in [0.3, 0.4) is 0 Å². The predicted molar refractivity (Wildman–Crippen MR) is 156 cm³/mol. The van der Waals surface area contributed by atoms with Crippen molar-refractivity contribution in [2.24, 2.45) is 34.3 Å². The normalized spacial score (nSPS) is 37.3. The number of nitrogens with two attached hydrogens (primary N) is 1. The second-order valence-corrected chi connectivity index (χ2v) is 13.6. The number of esters is 1. The Morgan fingerprint density at radius 1 is 1.18 bits per heavy atom. The van der Waals surface area contributed by atoms with Gasteiger partial charge < -0.3 is 35.0 Å². The summed E-state index contributed by atoms with van der Waals surface area (Å²) >= 11 is 7.41. The number of carbonyl (C=O) groups excluding carboxylic acids is 4. The highest BCUT2D eigenvalue weighted by Gasteiger charge is 2.74. The van der Waals surface area contributed by atoms with Crippen molar-refractivity contribution >= 4 is 35.3 Å². The molecule has 0 heterocycles. The standard InChI is InChI=1S/C30H41ClN2O12/c1-17-12-21-20-7-6-18-13-19(34)8-9-27(18,2)29(20,31)23(35)14-28(21,3)30(17,39)24(36)16-44-26(38)43-15-22(32)25(37)42-10-4-5-11-45-33(40)41/h8-9,13,17,20-23,35,39H,4-7,10-12,14-16,32H2,1-3H3/t17-,20-,21-,22?,23-,27-,28-,29-,30-/m0/s1. The number of ether oxygens (including phenoxy) is 3. The highest BCUT2D eigenvalue weighted by Crippen LogP contribution is 2.71. The fourth-order valence-corrected chi connectivity index (χ4v) is 8.79. The number of unbranched alkanes of at least 4 members (excludes halogenated alkanes) is 1. The third kappa shape index (κ3) is 5.97. The Kier molecular flexibility index (Phi) is 10.0. The Morgan fingerprint density at radius 3 is 2.56 bits per heavy atom. The van der Waals surface area contributed by atoms with Crippen LogP contribution in [0.2, 0.25) is 0 Å². The first kappa shape index (κ1) is 34.8. The fraction of sp³-hybridized carbons (Fsp3) is 0.733. The van der Waals surface area contributed by atoms with Gasteiger partial charge in [-0.05, 0) is 68.4 Å². The molecule has 0 aromatic carbocycles. The molecule has 0 saturated heterocycles. The van der Waals surface area contributed by atoms with Crippen LogP contribution in [-0.4, -0.2) is 88.0 Å². The molecule has 0 bridgehead atoms. The van der Waals surface area contributed by atoms with Crippen molar-refractivity contribution in [3.63, 3.8) is 0 Å². The molecule has 0 spiro atoms. The van der Waals surface area contributed by atoms with Gasteiger partial charge in [-0.25, -0.2) is 4.79 Å². The Balaban J connectivity index is 1.34. The van der Waals surface area contributed by atoms with Gasteiger partial charge in [0.1, 0.15) is 18.2 Å². The Morgan fingerprint density at radius 2 is 1.87 bits per heavy atom. The average Bonchev–Trinajstić information content (AvgIpc) is 3.18. The van der Waals surface area contributed by atoms with E-state index >= 15 is 0 Å². The first-order valence-electron chi connectivity index (χ1n) is 15.1. The molecule has 14 nitrogen and oxygen atoms in total.